The fourth-order valence-corrected chi connectivity index (χ4v) is 5.31. The van der Waals surface area contributed by atoms with Crippen LogP contribution in [-0.4, -0.2) is 43.6 Å². The average Bonchev–Trinajstić information content (AvgIpc) is 2.73. The molecule has 1 saturated heterocycles. The molecule has 5 nitrogen and oxygen atoms in total. The van der Waals surface area contributed by atoms with Crippen LogP contribution in [-0.2, 0) is 10.0 Å². The van der Waals surface area contributed by atoms with Crippen molar-refractivity contribution in [3.63, 3.8) is 0 Å². The highest BCUT2D eigenvalue weighted by atomic mass is 32.2. The first-order chi connectivity index (χ1) is 13.3. The van der Waals surface area contributed by atoms with Crippen LogP contribution >= 0.6 is 11.8 Å². The van der Waals surface area contributed by atoms with Gasteiger partial charge in [-0.1, -0.05) is 24.3 Å². The van der Waals surface area contributed by atoms with Gasteiger partial charge >= 0.3 is 0 Å². The Morgan fingerprint density at radius 2 is 1.61 bits per heavy atom. The molecule has 0 N–H and O–H groups in total. The fraction of sp³-hybridized carbons (Fsp3) is 0.333. The van der Waals surface area contributed by atoms with Gasteiger partial charge in [0, 0.05) is 35.0 Å². The number of piperidine rings is 1. The number of hydrogen-bond acceptors (Lipinski definition) is 5. The average molecular weight is 418 g/mol. The van der Waals surface area contributed by atoms with Gasteiger partial charge in [-0.2, -0.15) is 4.31 Å². The molecule has 0 amide bonds. The van der Waals surface area contributed by atoms with Crippen LogP contribution in [0.5, 0.6) is 0 Å². The molecule has 0 bridgehead atoms. The number of thioether (sulfide) groups is 1. The Bertz CT molecular complexity index is 966. The molecule has 1 aliphatic heterocycles. The summed E-state index contributed by atoms with van der Waals surface area (Å²) in [6.45, 7) is 2.02. The third-order valence-corrected chi connectivity index (χ3v) is 7.65. The first-order valence-corrected chi connectivity index (χ1v) is 11.8. The molecule has 7 heteroatoms. The lowest BCUT2D eigenvalue weighted by molar-refractivity contribution is 0.0872. The maximum absolute atomic E-state index is 13.0. The summed E-state index contributed by atoms with van der Waals surface area (Å²) in [4.78, 5) is 25.5. The minimum absolute atomic E-state index is 0.0144. The van der Waals surface area contributed by atoms with Crippen molar-refractivity contribution in [1.29, 1.82) is 0 Å². The van der Waals surface area contributed by atoms with Crippen molar-refractivity contribution in [1.82, 2.24) is 4.31 Å². The Hall–Kier alpha value is -1.96. The molecule has 148 valence electrons. The smallest absolute Gasteiger partial charge is 0.243 e. The van der Waals surface area contributed by atoms with Crippen molar-refractivity contribution in [3.05, 3.63) is 59.7 Å². The Balaban J connectivity index is 1.77. The Morgan fingerprint density at radius 1 is 1.00 bits per heavy atom. The van der Waals surface area contributed by atoms with Crippen molar-refractivity contribution >= 4 is 33.4 Å². The minimum Gasteiger partial charge on any atom is -0.295 e. The summed E-state index contributed by atoms with van der Waals surface area (Å²) >= 11 is 1.61. The van der Waals surface area contributed by atoms with Gasteiger partial charge in [0.05, 0.1) is 4.90 Å². The summed E-state index contributed by atoms with van der Waals surface area (Å²) in [7, 11) is -3.70. The van der Waals surface area contributed by atoms with Crippen molar-refractivity contribution in [2.45, 2.75) is 29.6 Å². The maximum Gasteiger partial charge on any atom is 0.243 e. The van der Waals surface area contributed by atoms with E-state index < -0.39 is 10.0 Å². The van der Waals surface area contributed by atoms with E-state index >= 15 is 0 Å². The van der Waals surface area contributed by atoms with Crippen LogP contribution in [0.25, 0.3) is 0 Å². The number of Topliss-reactive ketones (excluding diaryl/α,β-unsaturated/α-hetero) is 2. The van der Waals surface area contributed by atoms with E-state index in [0.29, 0.717) is 30.5 Å². The first kappa shape index (κ1) is 20.8. The van der Waals surface area contributed by atoms with Crippen LogP contribution in [0, 0.1) is 5.92 Å². The molecule has 0 aliphatic carbocycles. The maximum atomic E-state index is 13.0. The SMILES string of the molecule is CSc1ccc(C(=O)C2CCCN(S(=O)(=O)c3ccc(C(C)=O)cc3)C2)cc1. The first-order valence-electron chi connectivity index (χ1n) is 9.12. The molecular weight excluding hydrogens is 394 g/mol. The van der Waals surface area contributed by atoms with Crippen LogP contribution in [0.2, 0.25) is 0 Å². The van der Waals surface area contributed by atoms with Crippen molar-refractivity contribution in [2.75, 3.05) is 19.3 Å². The van der Waals surface area contributed by atoms with Crippen molar-refractivity contribution < 1.29 is 18.0 Å². The number of sulfonamides is 1. The summed E-state index contributed by atoms with van der Waals surface area (Å²) in [6.07, 6.45) is 3.30. The largest absolute Gasteiger partial charge is 0.295 e. The zero-order valence-electron chi connectivity index (χ0n) is 15.9. The summed E-state index contributed by atoms with van der Waals surface area (Å²) < 4.78 is 27.4. The molecule has 2 aromatic carbocycles. The second-order valence-electron chi connectivity index (χ2n) is 6.88. The number of nitrogens with zero attached hydrogens (tertiary/aromatic N) is 1. The van der Waals surface area contributed by atoms with Crippen molar-refractivity contribution in [2.24, 2.45) is 5.92 Å². The lowest BCUT2D eigenvalue weighted by Crippen LogP contribution is -2.42. The van der Waals surface area contributed by atoms with Crippen LogP contribution in [0.4, 0.5) is 0 Å². The molecule has 0 saturated carbocycles. The van der Waals surface area contributed by atoms with Gasteiger partial charge in [0.2, 0.25) is 10.0 Å². The number of rotatable bonds is 6. The standard InChI is InChI=1S/C21H23NO4S2/c1-15(23)16-7-11-20(12-8-16)28(25,26)22-13-3-4-18(14-22)21(24)17-5-9-19(27-2)10-6-17/h5-12,18H,3-4,13-14H2,1-2H3. The molecule has 1 fully saturated rings. The highest BCUT2D eigenvalue weighted by Crippen LogP contribution is 2.27. The number of benzene rings is 2. The van der Waals surface area contributed by atoms with E-state index in [-0.39, 0.29) is 28.9 Å². The summed E-state index contributed by atoms with van der Waals surface area (Å²) in [5.74, 6) is -0.472. The number of carbonyl (C=O) groups is 2. The molecule has 1 heterocycles. The molecule has 28 heavy (non-hydrogen) atoms. The highest BCUT2D eigenvalue weighted by molar-refractivity contribution is 7.98. The van der Waals surface area contributed by atoms with Crippen LogP contribution in [0.15, 0.2) is 58.3 Å². The molecule has 1 unspecified atom stereocenters. The van der Waals surface area contributed by atoms with Crippen LogP contribution in [0.1, 0.15) is 40.5 Å². The van der Waals surface area contributed by atoms with Crippen molar-refractivity contribution in [3.8, 4) is 0 Å². The molecule has 0 spiro atoms. The zero-order chi connectivity index (χ0) is 20.3. The van der Waals surface area contributed by atoms with Gasteiger partial charge < -0.3 is 0 Å². The molecule has 0 radical (unpaired) electrons. The summed E-state index contributed by atoms with van der Waals surface area (Å²) in [5, 5.41) is 0. The fourth-order valence-electron chi connectivity index (χ4n) is 3.38. The van der Waals surface area contributed by atoms with E-state index in [0.717, 1.165) is 4.90 Å². The molecule has 0 aromatic heterocycles. The Morgan fingerprint density at radius 3 is 2.18 bits per heavy atom. The minimum atomic E-state index is -3.70. The summed E-state index contributed by atoms with van der Waals surface area (Å²) in [5.41, 5.74) is 1.09. The van der Waals surface area contributed by atoms with Crippen LogP contribution < -0.4 is 0 Å². The van der Waals surface area contributed by atoms with E-state index in [1.165, 1.54) is 35.5 Å². The second kappa shape index (κ2) is 8.59. The quantitative estimate of drug-likeness (QED) is 0.527. The third kappa shape index (κ3) is 4.37. The number of hydrogen-bond donors (Lipinski definition) is 0. The van der Waals surface area contributed by atoms with Gasteiger partial charge in [-0.3, -0.25) is 9.59 Å². The summed E-state index contributed by atoms with van der Waals surface area (Å²) in [6, 6.07) is 13.4. The van der Waals surface area contributed by atoms with Crippen LogP contribution in [0.3, 0.4) is 0 Å². The number of ketones is 2. The van der Waals surface area contributed by atoms with E-state index in [1.807, 2.05) is 30.5 Å². The second-order valence-corrected chi connectivity index (χ2v) is 9.69. The third-order valence-electron chi connectivity index (χ3n) is 5.03. The Kier molecular flexibility index (Phi) is 6.37. The number of carbonyl (C=O) groups excluding carboxylic acids is 2. The van der Waals surface area contributed by atoms with E-state index in [1.54, 1.807) is 11.8 Å². The molecule has 2 aromatic rings. The van der Waals surface area contributed by atoms with Gasteiger partial charge in [0.15, 0.2) is 11.6 Å². The molecule has 1 aliphatic rings. The topological polar surface area (TPSA) is 71.5 Å². The van der Waals surface area contributed by atoms with E-state index in [2.05, 4.69) is 0 Å². The lowest BCUT2D eigenvalue weighted by Gasteiger charge is -2.31. The lowest BCUT2D eigenvalue weighted by atomic mass is 9.91. The monoisotopic (exact) mass is 417 g/mol. The predicted octanol–water partition coefficient (Wildman–Crippen LogP) is 3.89. The van der Waals surface area contributed by atoms with Gasteiger partial charge in [0.1, 0.15) is 0 Å². The normalized spacial score (nSPS) is 18.0. The molecule has 1 atom stereocenters. The van der Waals surface area contributed by atoms with Gasteiger partial charge in [-0.15, -0.1) is 11.8 Å². The van der Waals surface area contributed by atoms with E-state index in [9.17, 15) is 18.0 Å². The van der Waals surface area contributed by atoms with Gasteiger partial charge in [-0.05, 0) is 50.3 Å². The predicted molar refractivity (Wildman–Crippen MR) is 110 cm³/mol. The zero-order valence-corrected chi connectivity index (χ0v) is 17.6. The Labute approximate surface area is 170 Å². The highest BCUT2D eigenvalue weighted by Gasteiger charge is 2.33. The molecule has 3 rings (SSSR count). The van der Waals surface area contributed by atoms with E-state index in [4.69, 9.17) is 0 Å². The van der Waals surface area contributed by atoms with Gasteiger partial charge in [0.25, 0.3) is 0 Å². The van der Waals surface area contributed by atoms with Gasteiger partial charge in [-0.25, -0.2) is 8.42 Å². The molecular formula is C21H23NO4S2.